The van der Waals surface area contributed by atoms with Crippen LogP contribution in [-0.2, 0) is 11.3 Å². The lowest BCUT2D eigenvalue weighted by Gasteiger charge is -2.35. The van der Waals surface area contributed by atoms with E-state index in [1.807, 2.05) is 6.92 Å². The number of aliphatic hydroxyl groups excluding tert-OH is 1. The Bertz CT molecular complexity index is 826. The van der Waals surface area contributed by atoms with Crippen LogP contribution in [0.2, 0.25) is 0 Å². The van der Waals surface area contributed by atoms with Crippen molar-refractivity contribution >= 4 is 17.4 Å². The number of rotatable bonds is 4. The molecule has 0 saturated heterocycles. The van der Waals surface area contributed by atoms with E-state index >= 15 is 0 Å². The maximum Gasteiger partial charge on any atom is 0.330 e. The molecule has 4 fully saturated rings. The highest BCUT2D eigenvalue weighted by Crippen LogP contribution is 2.65. The van der Waals surface area contributed by atoms with Gasteiger partial charge in [0, 0.05) is 6.54 Å². The molecule has 1 amide bonds. The molecule has 1 heterocycles. The van der Waals surface area contributed by atoms with E-state index in [0.29, 0.717) is 25.8 Å². The Hall–Kier alpha value is -2.09. The Kier molecular flexibility index (Phi) is 3.57. The van der Waals surface area contributed by atoms with Gasteiger partial charge in [-0.2, -0.15) is 0 Å². The molecule has 4 aliphatic rings. The zero-order chi connectivity index (χ0) is 17.9. The quantitative estimate of drug-likeness (QED) is 0.620. The largest absolute Gasteiger partial charge is 0.393 e. The van der Waals surface area contributed by atoms with Crippen LogP contribution >= 0.6 is 0 Å². The first kappa shape index (κ1) is 16.4. The maximum absolute atomic E-state index is 13.1. The number of carbonyl (C=O) groups is 1. The zero-order valence-corrected chi connectivity index (χ0v) is 14.2. The van der Waals surface area contributed by atoms with Crippen LogP contribution in [0.3, 0.4) is 0 Å². The van der Waals surface area contributed by atoms with Crippen molar-refractivity contribution in [1.82, 2.24) is 9.55 Å². The monoisotopic (exact) mass is 348 g/mol. The second kappa shape index (κ2) is 5.45. The number of anilines is 2. The lowest BCUT2D eigenvalue weighted by molar-refractivity contribution is -0.128. The molecule has 4 aliphatic carbocycles. The summed E-state index contributed by atoms with van der Waals surface area (Å²) >= 11 is 0. The minimum absolute atomic E-state index is 0.00177. The Labute approximate surface area is 144 Å². The van der Waals surface area contributed by atoms with Gasteiger partial charge in [-0.15, -0.1) is 0 Å². The predicted molar refractivity (Wildman–Crippen MR) is 92.0 cm³/mol. The van der Waals surface area contributed by atoms with E-state index in [9.17, 15) is 19.5 Å². The molecule has 5 atom stereocenters. The number of carbonyl (C=O) groups excluding carboxylic acids is 1. The number of hydrogen-bond acceptors (Lipinski definition) is 5. The van der Waals surface area contributed by atoms with Gasteiger partial charge in [-0.1, -0.05) is 6.92 Å². The second-order valence-corrected chi connectivity index (χ2v) is 7.87. The molecule has 1 aromatic heterocycles. The Morgan fingerprint density at radius 2 is 2.00 bits per heavy atom. The number of aromatic amines is 1. The highest BCUT2D eigenvalue weighted by Gasteiger charge is 2.64. The second-order valence-electron chi connectivity index (χ2n) is 7.87. The first-order valence-electron chi connectivity index (χ1n) is 8.99. The molecule has 136 valence electrons. The highest BCUT2D eigenvalue weighted by atomic mass is 16.3. The van der Waals surface area contributed by atoms with E-state index in [2.05, 4.69) is 10.3 Å². The predicted octanol–water partition coefficient (Wildman–Crippen LogP) is 0.264. The molecule has 0 aromatic carbocycles. The van der Waals surface area contributed by atoms with Gasteiger partial charge in [0.15, 0.2) is 0 Å². The molecule has 8 heteroatoms. The van der Waals surface area contributed by atoms with Crippen molar-refractivity contribution in [3.05, 3.63) is 20.8 Å². The van der Waals surface area contributed by atoms with Gasteiger partial charge in [-0.25, -0.2) is 4.79 Å². The van der Waals surface area contributed by atoms with Gasteiger partial charge in [0.25, 0.3) is 5.56 Å². The standard InChI is InChI=1S/C17H24N4O4/c1-2-3-21-13(18)11(14(23)20-16(21)25)19-15(24)17-6-8-4-10(17)5-9(7-17)12(8)22/h8-10,12,22H,2-7,18H2,1H3,(H,19,24)(H,20,23,25)/t8-,9?,10?,12?,17?/m1/s1. The smallest absolute Gasteiger partial charge is 0.330 e. The molecule has 4 bridgehead atoms. The van der Waals surface area contributed by atoms with Gasteiger partial charge >= 0.3 is 5.69 Å². The Morgan fingerprint density at radius 1 is 1.36 bits per heavy atom. The van der Waals surface area contributed by atoms with Crippen molar-refractivity contribution in [3.8, 4) is 0 Å². The third-order valence-corrected chi connectivity index (χ3v) is 6.55. The van der Waals surface area contributed by atoms with Crippen molar-refractivity contribution in [2.45, 2.75) is 51.7 Å². The van der Waals surface area contributed by atoms with Crippen LogP contribution < -0.4 is 22.3 Å². The van der Waals surface area contributed by atoms with Crippen LogP contribution in [0, 0.1) is 23.2 Å². The molecule has 1 aromatic rings. The molecule has 8 nitrogen and oxygen atoms in total. The average molecular weight is 348 g/mol. The first-order valence-corrected chi connectivity index (χ1v) is 8.99. The van der Waals surface area contributed by atoms with E-state index in [0.717, 1.165) is 12.8 Å². The third kappa shape index (κ3) is 2.19. The normalized spacial score (nSPS) is 35.3. The highest BCUT2D eigenvalue weighted by molar-refractivity contribution is 5.98. The van der Waals surface area contributed by atoms with Crippen molar-refractivity contribution in [2.75, 3.05) is 11.1 Å². The summed E-state index contributed by atoms with van der Waals surface area (Å²) < 4.78 is 1.27. The summed E-state index contributed by atoms with van der Waals surface area (Å²) in [5, 5.41) is 13.0. The number of nitrogens with two attached hydrogens (primary N) is 1. The number of nitrogens with zero attached hydrogens (tertiary/aromatic N) is 1. The first-order chi connectivity index (χ1) is 11.9. The summed E-state index contributed by atoms with van der Waals surface area (Å²) in [4.78, 5) is 39.4. The molecule has 4 saturated carbocycles. The van der Waals surface area contributed by atoms with Crippen LogP contribution in [0.25, 0.3) is 0 Å². The molecule has 0 spiro atoms. The molecule has 4 unspecified atom stereocenters. The molecule has 5 N–H and O–H groups in total. The van der Waals surface area contributed by atoms with E-state index in [1.54, 1.807) is 0 Å². The topological polar surface area (TPSA) is 130 Å². The van der Waals surface area contributed by atoms with Gasteiger partial charge in [0.05, 0.1) is 11.5 Å². The molecule has 0 radical (unpaired) electrons. The van der Waals surface area contributed by atoms with Gasteiger partial charge in [0.1, 0.15) is 11.5 Å². The molecule has 25 heavy (non-hydrogen) atoms. The van der Waals surface area contributed by atoms with E-state index < -0.39 is 16.7 Å². The van der Waals surface area contributed by atoms with Crippen molar-refractivity contribution < 1.29 is 9.90 Å². The van der Waals surface area contributed by atoms with Gasteiger partial charge in [0.2, 0.25) is 5.91 Å². The summed E-state index contributed by atoms with van der Waals surface area (Å²) in [7, 11) is 0. The zero-order valence-electron chi connectivity index (χ0n) is 14.2. The summed E-state index contributed by atoms with van der Waals surface area (Å²) in [6, 6.07) is 0. The fraction of sp³-hybridized carbons (Fsp3) is 0.706. The number of nitrogens with one attached hydrogen (secondary N) is 2. The Balaban J connectivity index is 1.66. The van der Waals surface area contributed by atoms with Crippen molar-refractivity contribution in [1.29, 1.82) is 0 Å². The number of nitrogen functional groups attached to an aromatic ring is 1. The summed E-state index contributed by atoms with van der Waals surface area (Å²) in [6.45, 7) is 2.27. The fourth-order valence-electron chi connectivity index (χ4n) is 5.47. The summed E-state index contributed by atoms with van der Waals surface area (Å²) in [6.07, 6.45) is 3.43. The van der Waals surface area contributed by atoms with Crippen LogP contribution in [0.5, 0.6) is 0 Å². The van der Waals surface area contributed by atoms with Crippen molar-refractivity contribution in [2.24, 2.45) is 23.2 Å². The molecule has 5 rings (SSSR count). The minimum Gasteiger partial charge on any atom is -0.393 e. The van der Waals surface area contributed by atoms with Crippen LogP contribution in [0.1, 0.15) is 39.0 Å². The molecule has 0 aliphatic heterocycles. The van der Waals surface area contributed by atoms with E-state index in [1.165, 1.54) is 4.57 Å². The Morgan fingerprint density at radius 3 is 2.60 bits per heavy atom. The van der Waals surface area contributed by atoms with Gasteiger partial charge in [-0.05, 0) is 49.9 Å². The van der Waals surface area contributed by atoms with Crippen LogP contribution in [-0.4, -0.2) is 26.7 Å². The number of H-pyrrole nitrogens is 1. The third-order valence-electron chi connectivity index (χ3n) is 6.55. The SMILES string of the molecule is CCCn1c(N)c(NC(=O)C23CC4CC2C[C@H](C3)C4O)c(=O)[nH]c1=O. The van der Waals surface area contributed by atoms with Crippen molar-refractivity contribution in [3.63, 3.8) is 0 Å². The summed E-state index contributed by atoms with van der Waals surface area (Å²) in [5.74, 6) is 0.403. The molecular weight excluding hydrogens is 324 g/mol. The van der Waals surface area contributed by atoms with Crippen LogP contribution in [0.4, 0.5) is 11.5 Å². The summed E-state index contributed by atoms with van der Waals surface area (Å²) in [5.41, 5.74) is 4.21. The van der Waals surface area contributed by atoms with Gasteiger partial charge in [-0.3, -0.25) is 19.1 Å². The average Bonchev–Trinajstić information content (AvgIpc) is 3.03. The van der Waals surface area contributed by atoms with E-state index in [-0.39, 0.29) is 41.3 Å². The maximum atomic E-state index is 13.1. The number of aliphatic hydroxyl groups is 1. The lowest BCUT2D eigenvalue weighted by Crippen LogP contribution is -2.42. The minimum atomic E-state index is -0.669. The number of aromatic nitrogens is 2. The lowest BCUT2D eigenvalue weighted by atomic mass is 9.73. The number of amides is 1. The van der Waals surface area contributed by atoms with Gasteiger partial charge < -0.3 is 16.2 Å². The molecular formula is C17H24N4O4. The van der Waals surface area contributed by atoms with Crippen LogP contribution in [0.15, 0.2) is 9.59 Å². The van der Waals surface area contributed by atoms with E-state index in [4.69, 9.17) is 5.73 Å². The number of hydrogen-bond donors (Lipinski definition) is 4. The fourth-order valence-corrected chi connectivity index (χ4v) is 5.47.